The third kappa shape index (κ3) is 10.4. The molecule has 0 aliphatic carbocycles. The molecule has 32 heavy (non-hydrogen) atoms. The maximum Gasteiger partial charge on any atom is 0.193 e. The zero-order chi connectivity index (χ0) is 22.3. The van der Waals surface area contributed by atoms with Gasteiger partial charge in [0.05, 0.1) is 12.6 Å². The zero-order valence-electron chi connectivity index (χ0n) is 20.6. The minimum atomic E-state index is 0. The summed E-state index contributed by atoms with van der Waals surface area (Å²) in [6.07, 6.45) is 4.47. The van der Waals surface area contributed by atoms with Crippen LogP contribution in [0.15, 0.2) is 35.3 Å². The standard InChI is InChI=1S/C25H44N4O2.HI/c1-5-26-25(29-16-14-24(15-17-29)31-19-11-18-30-4)27-21-23(28(6-2)7-3)20-22-12-9-8-10-13-22;/h8-10,12-13,23-24H,5-7,11,14-21H2,1-4H3,(H,26,27);1H. The number of likely N-dealkylation sites (tertiary alicyclic amines) is 1. The van der Waals surface area contributed by atoms with Gasteiger partial charge in [-0.2, -0.15) is 0 Å². The van der Waals surface area contributed by atoms with Crippen LogP contribution in [0.5, 0.6) is 0 Å². The maximum absolute atomic E-state index is 6.02. The summed E-state index contributed by atoms with van der Waals surface area (Å²) in [6, 6.07) is 11.2. The molecular weight excluding hydrogens is 515 g/mol. The highest BCUT2D eigenvalue weighted by atomic mass is 127. The second-order valence-corrected chi connectivity index (χ2v) is 8.16. The lowest BCUT2D eigenvalue weighted by molar-refractivity contribution is 0.00988. The van der Waals surface area contributed by atoms with Crippen molar-refractivity contribution in [3.05, 3.63) is 35.9 Å². The average molecular weight is 561 g/mol. The van der Waals surface area contributed by atoms with Crippen molar-refractivity contribution in [2.24, 2.45) is 4.99 Å². The predicted octanol–water partition coefficient (Wildman–Crippen LogP) is 4.04. The van der Waals surface area contributed by atoms with Crippen LogP contribution in [0.2, 0.25) is 0 Å². The molecule has 1 aliphatic rings. The first-order valence-corrected chi connectivity index (χ1v) is 12.1. The average Bonchev–Trinajstić information content (AvgIpc) is 2.81. The highest BCUT2D eigenvalue weighted by Crippen LogP contribution is 2.15. The molecule has 0 radical (unpaired) electrons. The number of aliphatic imine (C=N–C) groups is 1. The van der Waals surface area contributed by atoms with Crippen LogP contribution in [0.3, 0.4) is 0 Å². The van der Waals surface area contributed by atoms with E-state index in [1.807, 2.05) is 0 Å². The highest BCUT2D eigenvalue weighted by molar-refractivity contribution is 14.0. The number of piperidine rings is 1. The molecule has 0 saturated carbocycles. The lowest BCUT2D eigenvalue weighted by Gasteiger charge is -2.35. The lowest BCUT2D eigenvalue weighted by Crippen LogP contribution is -2.48. The van der Waals surface area contributed by atoms with E-state index in [0.29, 0.717) is 12.1 Å². The van der Waals surface area contributed by atoms with Gasteiger partial charge >= 0.3 is 0 Å². The van der Waals surface area contributed by atoms with Crippen LogP contribution < -0.4 is 5.32 Å². The Morgan fingerprint density at radius 1 is 1.12 bits per heavy atom. The second kappa shape index (κ2) is 17.6. The molecule has 0 aromatic heterocycles. The van der Waals surface area contributed by atoms with E-state index in [-0.39, 0.29) is 24.0 Å². The third-order valence-electron chi connectivity index (χ3n) is 6.02. The first-order valence-electron chi connectivity index (χ1n) is 12.1. The molecule has 0 amide bonds. The number of likely N-dealkylation sites (N-methyl/N-ethyl adjacent to an activating group) is 1. The van der Waals surface area contributed by atoms with Crippen LogP contribution in [-0.4, -0.2) is 87.5 Å². The Balaban J connectivity index is 0.00000512. The number of methoxy groups -OCH3 is 1. The van der Waals surface area contributed by atoms with E-state index in [9.17, 15) is 0 Å². The van der Waals surface area contributed by atoms with E-state index >= 15 is 0 Å². The van der Waals surface area contributed by atoms with Gasteiger partial charge in [0, 0.05) is 46.0 Å². The molecular formula is C25H45IN4O2. The molecule has 1 saturated heterocycles. The summed E-state index contributed by atoms with van der Waals surface area (Å²) in [4.78, 5) is 10.0. The number of benzene rings is 1. The fourth-order valence-corrected chi connectivity index (χ4v) is 4.24. The monoisotopic (exact) mass is 560 g/mol. The molecule has 1 unspecified atom stereocenters. The van der Waals surface area contributed by atoms with Gasteiger partial charge in [0.2, 0.25) is 0 Å². The van der Waals surface area contributed by atoms with E-state index in [1.54, 1.807) is 7.11 Å². The third-order valence-corrected chi connectivity index (χ3v) is 6.02. The molecule has 6 nitrogen and oxygen atoms in total. The van der Waals surface area contributed by atoms with E-state index in [1.165, 1.54) is 5.56 Å². The number of guanidine groups is 1. The quantitative estimate of drug-likeness (QED) is 0.171. The molecule has 1 fully saturated rings. The fraction of sp³-hybridized carbons (Fsp3) is 0.720. The van der Waals surface area contributed by atoms with Gasteiger partial charge < -0.3 is 19.7 Å². The molecule has 1 heterocycles. The summed E-state index contributed by atoms with van der Waals surface area (Å²) >= 11 is 0. The summed E-state index contributed by atoms with van der Waals surface area (Å²) in [5, 5.41) is 3.52. The van der Waals surface area contributed by atoms with Crippen LogP contribution in [-0.2, 0) is 15.9 Å². The van der Waals surface area contributed by atoms with Gasteiger partial charge in [-0.1, -0.05) is 44.2 Å². The zero-order valence-corrected chi connectivity index (χ0v) is 22.9. The first-order chi connectivity index (χ1) is 15.2. The van der Waals surface area contributed by atoms with Gasteiger partial charge in [-0.25, -0.2) is 0 Å². The predicted molar refractivity (Wildman–Crippen MR) is 145 cm³/mol. The van der Waals surface area contributed by atoms with Crippen LogP contribution in [0.25, 0.3) is 0 Å². The van der Waals surface area contributed by atoms with Gasteiger partial charge in [0.15, 0.2) is 5.96 Å². The second-order valence-electron chi connectivity index (χ2n) is 8.16. The molecule has 1 aromatic carbocycles. The minimum absolute atomic E-state index is 0. The Morgan fingerprint density at radius 2 is 1.81 bits per heavy atom. The molecule has 1 aliphatic heterocycles. The van der Waals surface area contributed by atoms with Gasteiger partial charge in [-0.05, 0) is 51.3 Å². The summed E-state index contributed by atoms with van der Waals surface area (Å²) in [7, 11) is 1.74. The molecule has 0 spiro atoms. The van der Waals surface area contributed by atoms with E-state index in [2.05, 4.69) is 66.2 Å². The van der Waals surface area contributed by atoms with Crippen molar-refractivity contribution in [2.75, 3.05) is 59.6 Å². The molecule has 2 rings (SSSR count). The van der Waals surface area contributed by atoms with Gasteiger partial charge in [-0.15, -0.1) is 24.0 Å². The number of hydrogen-bond acceptors (Lipinski definition) is 4. The molecule has 1 aromatic rings. The van der Waals surface area contributed by atoms with Crippen molar-refractivity contribution in [3.63, 3.8) is 0 Å². The number of ether oxygens (including phenoxy) is 2. The molecule has 1 N–H and O–H groups in total. The minimum Gasteiger partial charge on any atom is -0.385 e. The Kier molecular flexibility index (Phi) is 16.0. The fourth-order valence-electron chi connectivity index (χ4n) is 4.24. The summed E-state index contributed by atoms with van der Waals surface area (Å²) < 4.78 is 11.1. The number of rotatable bonds is 13. The van der Waals surface area contributed by atoms with Crippen molar-refractivity contribution < 1.29 is 9.47 Å². The van der Waals surface area contributed by atoms with E-state index in [0.717, 1.165) is 84.1 Å². The van der Waals surface area contributed by atoms with Crippen molar-refractivity contribution >= 4 is 29.9 Å². The number of nitrogens with one attached hydrogen (secondary N) is 1. The van der Waals surface area contributed by atoms with Crippen LogP contribution in [0.4, 0.5) is 0 Å². The van der Waals surface area contributed by atoms with Crippen molar-refractivity contribution in [2.45, 2.75) is 58.6 Å². The normalized spacial score (nSPS) is 16.2. The highest BCUT2D eigenvalue weighted by Gasteiger charge is 2.23. The smallest absolute Gasteiger partial charge is 0.193 e. The molecule has 7 heteroatoms. The molecule has 184 valence electrons. The van der Waals surface area contributed by atoms with Crippen LogP contribution >= 0.6 is 24.0 Å². The van der Waals surface area contributed by atoms with E-state index < -0.39 is 0 Å². The Bertz CT molecular complexity index is 605. The van der Waals surface area contributed by atoms with Crippen molar-refractivity contribution in [3.8, 4) is 0 Å². The van der Waals surface area contributed by atoms with Gasteiger partial charge in [-0.3, -0.25) is 9.89 Å². The van der Waals surface area contributed by atoms with Gasteiger partial charge in [0.1, 0.15) is 0 Å². The number of hydrogen-bond donors (Lipinski definition) is 1. The summed E-state index contributed by atoms with van der Waals surface area (Å²) in [5.41, 5.74) is 1.38. The SMILES string of the molecule is CCNC(=NCC(Cc1ccccc1)N(CC)CC)N1CCC(OCCCOC)CC1.I. The van der Waals surface area contributed by atoms with Crippen molar-refractivity contribution in [1.29, 1.82) is 0 Å². The Labute approximate surface area is 213 Å². The number of halogens is 1. The Morgan fingerprint density at radius 3 is 2.41 bits per heavy atom. The largest absolute Gasteiger partial charge is 0.385 e. The van der Waals surface area contributed by atoms with Crippen LogP contribution in [0, 0.1) is 0 Å². The summed E-state index contributed by atoms with van der Waals surface area (Å²) in [6.45, 7) is 14.0. The lowest BCUT2D eigenvalue weighted by atomic mass is 10.0. The topological polar surface area (TPSA) is 49.3 Å². The summed E-state index contributed by atoms with van der Waals surface area (Å²) in [5.74, 6) is 1.05. The Hall–Kier alpha value is -0.900. The number of nitrogens with zero attached hydrogens (tertiary/aromatic N) is 3. The first kappa shape index (κ1) is 29.1. The molecule has 1 atom stereocenters. The van der Waals surface area contributed by atoms with Crippen molar-refractivity contribution in [1.82, 2.24) is 15.1 Å². The molecule has 0 bridgehead atoms. The van der Waals surface area contributed by atoms with Crippen LogP contribution in [0.1, 0.15) is 45.6 Å². The maximum atomic E-state index is 6.02. The van der Waals surface area contributed by atoms with E-state index in [4.69, 9.17) is 14.5 Å². The van der Waals surface area contributed by atoms with Gasteiger partial charge in [0.25, 0.3) is 0 Å².